The number of carbonyl (C=O) groups excluding carboxylic acids is 1. The lowest BCUT2D eigenvalue weighted by Gasteiger charge is -1.91. The molecule has 0 heterocycles. The highest BCUT2D eigenvalue weighted by molar-refractivity contribution is 7.78. The predicted octanol–water partition coefficient (Wildman–Crippen LogP) is 1.60. The molecule has 0 saturated heterocycles. The number of aliphatic imine (C=N–C) groups is 2. The smallest absolute Gasteiger partial charge is 0.233 e. The highest BCUT2D eigenvalue weighted by Gasteiger charge is 1.85. The maximum absolute atomic E-state index is 9.61. The largest absolute Gasteiger partial charge is 0.234 e. The highest BCUT2D eigenvalue weighted by atomic mass is 32.1. The minimum absolute atomic E-state index is 0.574. The van der Waals surface area contributed by atoms with E-state index in [0.717, 1.165) is 25.8 Å². The molecule has 0 aliphatic carbocycles. The van der Waals surface area contributed by atoms with Gasteiger partial charge in [-0.3, -0.25) is 0 Å². The topological polar surface area (TPSA) is 41.8 Å². The Hall–Kier alpha value is -0.820. The zero-order valence-corrected chi connectivity index (χ0v) is 7.06. The van der Waals surface area contributed by atoms with E-state index in [2.05, 4.69) is 27.4 Å². The summed E-state index contributed by atoms with van der Waals surface area (Å²) in [7, 11) is 0. The lowest BCUT2D eigenvalue weighted by atomic mass is 10.2. The second-order valence-corrected chi connectivity index (χ2v) is 2.19. The van der Waals surface area contributed by atoms with Gasteiger partial charge in [-0.1, -0.05) is 0 Å². The molecule has 0 amide bonds. The van der Waals surface area contributed by atoms with Crippen molar-refractivity contribution in [2.75, 3.05) is 13.1 Å². The van der Waals surface area contributed by atoms with E-state index in [0.29, 0.717) is 6.54 Å². The molecule has 11 heavy (non-hydrogen) atoms. The fraction of sp³-hybridized carbons (Fsp3) is 0.714. The quantitative estimate of drug-likeness (QED) is 0.263. The number of thiocarbonyl (C=S) groups is 1. The summed E-state index contributed by atoms with van der Waals surface area (Å²) in [6.45, 7) is 1.30. The summed E-state index contributed by atoms with van der Waals surface area (Å²) in [4.78, 5) is 16.8. The summed E-state index contributed by atoms with van der Waals surface area (Å²) in [5, 5.41) is 2.29. The van der Waals surface area contributed by atoms with Crippen LogP contribution in [0.25, 0.3) is 0 Å². The summed E-state index contributed by atoms with van der Waals surface area (Å²) in [6.07, 6.45) is 4.41. The summed E-state index contributed by atoms with van der Waals surface area (Å²) >= 11 is 4.39. The zero-order valence-electron chi connectivity index (χ0n) is 6.25. The van der Waals surface area contributed by atoms with Gasteiger partial charge in [0.05, 0.1) is 11.7 Å². The first-order valence-electron chi connectivity index (χ1n) is 3.49. The highest BCUT2D eigenvalue weighted by Crippen LogP contribution is 1.94. The van der Waals surface area contributed by atoms with Gasteiger partial charge in [0.25, 0.3) is 0 Å². The second-order valence-electron chi connectivity index (χ2n) is 2.01. The Bertz CT molecular complexity index is 161. The monoisotopic (exact) mass is 170 g/mol. The van der Waals surface area contributed by atoms with Crippen LogP contribution in [0.1, 0.15) is 19.3 Å². The van der Waals surface area contributed by atoms with Crippen molar-refractivity contribution < 1.29 is 4.79 Å². The van der Waals surface area contributed by atoms with Crippen LogP contribution in [0.5, 0.6) is 0 Å². The Labute approximate surface area is 71.2 Å². The fourth-order valence-corrected chi connectivity index (χ4v) is 0.741. The van der Waals surface area contributed by atoms with E-state index in [9.17, 15) is 4.79 Å². The average molecular weight is 170 g/mol. The van der Waals surface area contributed by atoms with Crippen LogP contribution in [0.15, 0.2) is 9.98 Å². The number of isocyanates is 1. The lowest BCUT2D eigenvalue weighted by Crippen LogP contribution is -1.84. The number of unbranched alkanes of at least 4 members (excludes halogenated alkanes) is 2. The molecular formula is C7H10N2OS. The van der Waals surface area contributed by atoms with Crippen LogP contribution >= 0.6 is 12.2 Å². The molecule has 0 aromatic carbocycles. The molecule has 4 heteroatoms. The van der Waals surface area contributed by atoms with E-state index in [1.807, 2.05) is 0 Å². The molecular weight excluding hydrogens is 160 g/mol. The van der Waals surface area contributed by atoms with Gasteiger partial charge in [0.2, 0.25) is 6.08 Å². The van der Waals surface area contributed by atoms with Crippen molar-refractivity contribution in [2.24, 2.45) is 9.98 Å². The number of nitrogens with zero attached hydrogens (tertiary/aromatic N) is 2. The molecule has 0 fully saturated rings. The van der Waals surface area contributed by atoms with Crippen molar-refractivity contribution >= 4 is 23.5 Å². The van der Waals surface area contributed by atoms with Crippen LogP contribution in [0.4, 0.5) is 0 Å². The number of hydrogen-bond acceptors (Lipinski definition) is 4. The van der Waals surface area contributed by atoms with E-state index in [1.54, 1.807) is 0 Å². The molecule has 0 N–H and O–H groups in total. The van der Waals surface area contributed by atoms with Gasteiger partial charge in [-0.05, 0) is 31.5 Å². The van der Waals surface area contributed by atoms with Gasteiger partial charge in [0.1, 0.15) is 0 Å². The normalized spacial score (nSPS) is 8.00. The minimum atomic E-state index is 0.574. The first kappa shape index (κ1) is 10.2. The molecule has 0 aliphatic heterocycles. The van der Waals surface area contributed by atoms with E-state index in [-0.39, 0.29) is 0 Å². The Kier molecular flexibility index (Phi) is 8.50. The van der Waals surface area contributed by atoms with Crippen LogP contribution in [-0.4, -0.2) is 24.3 Å². The van der Waals surface area contributed by atoms with Crippen molar-refractivity contribution in [1.29, 1.82) is 0 Å². The van der Waals surface area contributed by atoms with E-state index in [1.165, 1.54) is 6.08 Å². The first-order chi connectivity index (χ1) is 5.41. The van der Waals surface area contributed by atoms with Gasteiger partial charge < -0.3 is 0 Å². The standard InChI is InChI=1S/C7H10N2OS/c10-6-8-4-2-1-3-5-9-7-11/h1-5H2. The summed E-state index contributed by atoms with van der Waals surface area (Å²) in [5.74, 6) is 0. The Balaban J connectivity index is 3.02. The van der Waals surface area contributed by atoms with Crippen LogP contribution in [0, 0.1) is 0 Å². The summed E-state index contributed by atoms with van der Waals surface area (Å²) < 4.78 is 0. The molecule has 0 rings (SSSR count). The third kappa shape index (κ3) is 9.18. The molecule has 60 valence electrons. The first-order valence-corrected chi connectivity index (χ1v) is 3.90. The van der Waals surface area contributed by atoms with E-state index < -0.39 is 0 Å². The maximum Gasteiger partial charge on any atom is 0.234 e. The Morgan fingerprint density at radius 1 is 1.09 bits per heavy atom. The van der Waals surface area contributed by atoms with Crippen molar-refractivity contribution in [3.05, 3.63) is 0 Å². The van der Waals surface area contributed by atoms with Gasteiger partial charge >= 0.3 is 0 Å². The van der Waals surface area contributed by atoms with Crippen LogP contribution < -0.4 is 0 Å². The van der Waals surface area contributed by atoms with Gasteiger partial charge in [0.15, 0.2) is 0 Å². The molecule has 0 saturated carbocycles. The molecule has 0 atom stereocenters. The Morgan fingerprint density at radius 2 is 1.73 bits per heavy atom. The molecule has 0 aromatic rings. The number of isothiocyanates is 1. The van der Waals surface area contributed by atoms with Crippen molar-refractivity contribution in [3.8, 4) is 0 Å². The summed E-state index contributed by atoms with van der Waals surface area (Å²) in [6, 6.07) is 0. The third-order valence-electron chi connectivity index (χ3n) is 1.17. The van der Waals surface area contributed by atoms with Crippen molar-refractivity contribution in [2.45, 2.75) is 19.3 Å². The number of rotatable bonds is 6. The summed E-state index contributed by atoms with van der Waals surface area (Å²) in [5.41, 5.74) is 0. The SMILES string of the molecule is O=C=NCCCCCN=C=S. The lowest BCUT2D eigenvalue weighted by molar-refractivity contribution is 0.561. The molecule has 0 aliphatic rings. The maximum atomic E-state index is 9.61. The van der Waals surface area contributed by atoms with Crippen LogP contribution in [-0.2, 0) is 4.79 Å². The van der Waals surface area contributed by atoms with Gasteiger partial charge in [0, 0.05) is 6.54 Å². The van der Waals surface area contributed by atoms with E-state index in [4.69, 9.17) is 0 Å². The molecule has 0 aromatic heterocycles. The molecule has 0 spiro atoms. The van der Waals surface area contributed by atoms with Crippen LogP contribution in [0.3, 0.4) is 0 Å². The van der Waals surface area contributed by atoms with Gasteiger partial charge in [-0.15, -0.1) is 0 Å². The minimum Gasteiger partial charge on any atom is -0.233 e. The average Bonchev–Trinajstić information content (AvgIpc) is 2.03. The second kappa shape index (κ2) is 9.18. The van der Waals surface area contributed by atoms with Gasteiger partial charge in [-0.25, -0.2) is 14.8 Å². The van der Waals surface area contributed by atoms with E-state index >= 15 is 0 Å². The Morgan fingerprint density at radius 3 is 2.27 bits per heavy atom. The molecule has 0 unspecified atom stereocenters. The van der Waals surface area contributed by atoms with Crippen molar-refractivity contribution in [1.82, 2.24) is 0 Å². The third-order valence-corrected chi connectivity index (χ3v) is 1.30. The molecule has 0 radical (unpaired) electrons. The van der Waals surface area contributed by atoms with Gasteiger partial charge in [-0.2, -0.15) is 0 Å². The fourth-order valence-electron chi connectivity index (χ4n) is 0.650. The zero-order chi connectivity index (χ0) is 8.36. The van der Waals surface area contributed by atoms with Crippen LogP contribution in [0.2, 0.25) is 0 Å². The predicted molar refractivity (Wildman–Crippen MR) is 46.7 cm³/mol. The molecule has 3 nitrogen and oxygen atoms in total. The number of hydrogen-bond donors (Lipinski definition) is 0. The molecule has 0 bridgehead atoms. The van der Waals surface area contributed by atoms with Crippen molar-refractivity contribution in [3.63, 3.8) is 0 Å².